The molecule has 2 N–H and O–H groups in total. The number of fused-ring (bicyclic) bond motifs is 2. The molecule has 9 heteroatoms. The first-order chi connectivity index (χ1) is 17.5. The molecule has 0 bridgehead atoms. The summed E-state index contributed by atoms with van der Waals surface area (Å²) in [4.78, 5) is 41.3. The van der Waals surface area contributed by atoms with Crippen molar-refractivity contribution in [1.29, 1.82) is 0 Å². The van der Waals surface area contributed by atoms with E-state index in [9.17, 15) is 14.4 Å². The summed E-state index contributed by atoms with van der Waals surface area (Å²) < 4.78 is 16.7. The summed E-state index contributed by atoms with van der Waals surface area (Å²) in [6.45, 7) is 10.2. The Bertz CT molecular complexity index is 1170. The van der Waals surface area contributed by atoms with Crippen molar-refractivity contribution in [2.24, 2.45) is 5.92 Å². The molecular formula is C28H35N3O6. The molecule has 0 unspecified atom stereocenters. The molecule has 0 radical (unpaired) electrons. The molecule has 0 saturated heterocycles. The fraction of sp³-hybridized carbons (Fsp3) is 0.464. The molecule has 0 spiro atoms. The van der Waals surface area contributed by atoms with Crippen LogP contribution in [0.1, 0.15) is 45.7 Å². The molecule has 9 nitrogen and oxygen atoms in total. The number of nitrogens with zero attached hydrogens (tertiary/aromatic N) is 1. The Morgan fingerprint density at radius 3 is 2.35 bits per heavy atom. The maximum absolute atomic E-state index is 13.6. The third kappa shape index (κ3) is 6.34. The van der Waals surface area contributed by atoms with Gasteiger partial charge in [0.25, 0.3) is 0 Å². The van der Waals surface area contributed by atoms with Crippen LogP contribution in [-0.4, -0.2) is 53.7 Å². The van der Waals surface area contributed by atoms with E-state index < -0.39 is 29.7 Å². The van der Waals surface area contributed by atoms with Gasteiger partial charge in [-0.2, -0.15) is 0 Å². The van der Waals surface area contributed by atoms with E-state index in [0.717, 1.165) is 11.1 Å². The first-order valence-electron chi connectivity index (χ1n) is 12.6. The van der Waals surface area contributed by atoms with Crippen molar-refractivity contribution in [2.75, 3.05) is 18.5 Å². The van der Waals surface area contributed by atoms with E-state index in [1.54, 1.807) is 39.0 Å². The van der Waals surface area contributed by atoms with Crippen LogP contribution >= 0.6 is 0 Å². The Hall–Kier alpha value is -3.75. The van der Waals surface area contributed by atoms with Crippen LogP contribution in [0.2, 0.25) is 0 Å². The topological polar surface area (TPSA) is 106 Å². The van der Waals surface area contributed by atoms with Gasteiger partial charge in [-0.1, -0.05) is 38.1 Å². The average molecular weight is 510 g/mol. The van der Waals surface area contributed by atoms with Gasteiger partial charge >= 0.3 is 6.09 Å². The van der Waals surface area contributed by atoms with Crippen molar-refractivity contribution < 1.29 is 28.6 Å². The largest absolute Gasteiger partial charge is 0.486 e. The highest BCUT2D eigenvalue weighted by molar-refractivity contribution is 5.98. The monoisotopic (exact) mass is 509 g/mol. The van der Waals surface area contributed by atoms with Gasteiger partial charge in [0.2, 0.25) is 11.8 Å². The molecule has 2 heterocycles. The minimum Gasteiger partial charge on any atom is -0.486 e. The smallest absolute Gasteiger partial charge is 0.411 e. The third-order valence-corrected chi connectivity index (χ3v) is 6.24. The first-order valence-corrected chi connectivity index (χ1v) is 12.6. The van der Waals surface area contributed by atoms with Gasteiger partial charge in [-0.05, 0) is 49.9 Å². The van der Waals surface area contributed by atoms with Gasteiger partial charge in [0, 0.05) is 18.2 Å². The van der Waals surface area contributed by atoms with Crippen LogP contribution in [0.25, 0.3) is 0 Å². The second kappa shape index (κ2) is 10.7. The van der Waals surface area contributed by atoms with E-state index in [1.807, 2.05) is 38.1 Å². The van der Waals surface area contributed by atoms with Crippen molar-refractivity contribution >= 4 is 23.6 Å². The normalized spacial score (nSPS) is 17.5. The Balaban J connectivity index is 1.51. The molecule has 0 aromatic heterocycles. The van der Waals surface area contributed by atoms with Crippen molar-refractivity contribution in [2.45, 2.75) is 65.3 Å². The lowest BCUT2D eigenvalue weighted by Crippen LogP contribution is -2.57. The molecule has 37 heavy (non-hydrogen) atoms. The van der Waals surface area contributed by atoms with E-state index in [1.165, 1.54) is 4.90 Å². The number of benzene rings is 2. The number of rotatable bonds is 5. The van der Waals surface area contributed by atoms with Crippen LogP contribution in [0.15, 0.2) is 42.5 Å². The SMILES string of the molecule is CC(C)[C@H](NC(=O)[C@@H]1Cc2ccccc2CN1C(=O)OC(C)(C)C)C(=O)Nc1ccc2c(c1)OCCO2. The number of anilines is 1. The number of hydrogen-bond acceptors (Lipinski definition) is 6. The Morgan fingerprint density at radius 1 is 1.00 bits per heavy atom. The maximum Gasteiger partial charge on any atom is 0.411 e. The second-order valence-electron chi connectivity index (χ2n) is 10.7. The van der Waals surface area contributed by atoms with Crippen LogP contribution in [0, 0.1) is 5.92 Å². The number of hydrogen-bond donors (Lipinski definition) is 2. The van der Waals surface area contributed by atoms with Gasteiger partial charge in [-0.3, -0.25) is 14.5 Å². The van der Waals surface area contributed by atoms with E-state index >= 15 is 0 Å². The molecule has 2 aliphatic heterocycles. The highest BCUT2D eigenvalue weighted by Crippen LogP contribution is 2.33. The molecule has 198 valence electrons. The number of carbonyl (C=O) groups is 3. The van der Waals surface area contributed by atoms with E-state index in [2.05, 4.69) is 10.6 Å². The zero-order valence-electron chi connectivity index (χ0n) is 22.0. The lowest BCUT2D eigenvalue weighted by atomic mass is 9.93. The Kier molecular flexibility index (Phi) is 7.61. The van der Waals surface area contributed by atoms with Crippen LogP contribution < -0.4 is 20.1 Å². The third-order valence-electron chi connectivity index (χ3n) is 6.24. The predicted octanol–water partition coefficient (Wildman–Crippen LogP) is 3.90. The number of ether oxygens (including phenoxy) is 3. The van der Waals surface area contributed by atoms with Gasteiger partial charge < -0.3 is 24.8 Å². The van der Waals surface area contributed by atoms with E-state index in [0.29, 0.717) is 36.8 Å². The Labute approximate surface area is 217 Å². The molecule has 2 atom stereocenters. The minimum absolute atomic E-state index is 0.202. The highest BCUT2D eigenvalue weighted by atomic mass is 16.6. The van der Waals surface area contributed by atoms with Crippen LogP contribution in [0.4, 0.5) is 10.5 Å². The van der Waals surface area contributed by atoms with Gasteiger partial charge in [-0.25, -0.2) is 4.79 Å². The van der Waals surface area contributed by atoms with Crippen molar-refractivity contribution in [3.8, 4) is 11.5 Å². The lowest BCUT2D eigenvalue weighted by Gasteiger charge is -2.37. The lowest BCUT2D eigenvalue weighted by molar-refractivity contribution is -0.131. The van der Waals surface area contributed by atoms with Crippen molar-refractivity contribution in [3.05, 3.63) is 53.6 Å². The maximum atomic E-state index is 13.6. The van der Waals surface area contributed by atoms with Crippen LogP contribution in [-0.2, 0) is 27.3 Å². The van der Waals surface area contributed by atoms with Gasteiger partial charge in [-0.15, -0.1) is 0 Å². The molecule has 2 aromatic rings. The molecule has 2 aliphatic rings. The summed E-state index contributed by atoms with van der Waals surface area (Å²) in [6.07, 6.45) is -0.237. The fourth-order valence-corrected chi connectivity index (χ4v) is 4.40. The van der Waals surface area contributed by atoms with E-state index in [4.69, 9.17) is 14.2 Å². The molecule has 4 rings (SSSR count). The van der Waals surface area contributed by atoms with Gasteiger partial charge in [0.05, 0.1) is 6.54 Å². The standard InChI is InChI=1S/C28H35N3O6/c1-17(2)24(26(33)29-20-10-11-22-23(15-20)36-13-12-35-22)30-25(32)21-14-18-8-6-7-9-19(18)16-31(21)27(34)37-28(3,4)5/h6-11,15,17,21,24H,12-14,16H2,1-5H3,(H,29,33)(H,30,32)/t21-,24-/m0/s1. The number of carbonyl (C=O) groups excluding carboxylic acids is 3. The minimum atomic E-state index is -0.821. The molecule has 2 aromatic carbocycles. The summed E-state index contributed by atoms with van der Waals surface area (Å²) >= 11 is 0. The van der Waals surface area contributed by atoms with Crippen LogP contribution in [0.5, 0.6) is 11.5 Å². The van der Waals surface area contributed by atoms with Crippen LogP contribution in [0.3, 0.4) is 0 Å². The van der Waals surface area contributed by atoms with Gasteiger partial charge in [0.1, 0.15) is 30.9 Å². The molecule has 0 aliphatic carbocycles. The highest BCUT2D eigenvalue weighted by Gasteiger charge is 2.38. The molecular weight excluding hydrogens is 474 g/mol. The fourth-order valence-electron chi connectivity index (χ4n) is 4.40. The second-order valence-corrected chi connectivity index (χ2v) is 10.7. The predicted molar refractivity (Wildman–Crippen MR) is 139 cm³/mol. The number of amides is 3. The first kappa shape index (κ1) is 26.3. The summed E-state index contributed by atoms with van der Waals surface area (Å²) in [5.74, 6) is 0.212. The quantitative estimate of drug-likeness (QED) is 0.633. The van der Waals surface area contributed by atoms with Crippen molar-refractivity contribution in [3.63, 3.8) is 0 Å². The average Bonchev–Trinajstić information content (AvgIpc) is 2.85. The molecule has 0 fully saturated rings. The Morgan fingerprint density at radius 2 is 1.68 bits per heavy atom. The van der Waals surface area contributed by atoms with Crippen molar-refractivity contribution in [1.82, 2.24) is 10.2 Å². The van der Waals surface area contributed by atoms with Gasteiger partial charge in [0.15, 0.2) is 11.5 Å². The zero-order chi connectivity index (χ0) is 26.7. The number of nitrogens with one attached hydrogen (secondary N) is 2. The van der Waals surface area contributed by atoms with E-state index in [-0.39, 0.29) is 18.4 Å². The summed E-state index contributed by atoms with van der Waals surface area (Å²) in [7, 11) is 0. The zero-order valence-corrected chi connectivity index (χ0v) is 22.0. The summed E-state index contributed by atoms with van der Waals surface area (Å²) in [6, 6.07) is 11.3. The summed E-state index contributed by atoms with van der Waals surface area (Å²) in [5.41, 5.74) is 1.79. The molecule has 3 amide bonds. The summed E-state index contributed by atoms with van der Waals surface area (Å²) in [5, 5.41) is 5.76. The molecule has 0 saturated carbocycles.